The normalized spacial score (nSPS) is 21.9. The molecule has 1 saturated heterocycles. The number of carbonyl (C=O) groups is 1. The van der Waals surface area contributed by atoms with Gasteiger partial charge < -0.3 is 10.6 Å². The van der Waals surface area contributed by atoms with Crippen LogP contribution in [0.3, 0.4) is 0 Å². The Balaban J connectivity index is 2.08. The fraction of sp³-hybridized carbons (Fsp3) is 0.933. The van der Waals surface area contributed by atoms with Gasteiger partial charge in [-0.3, -0.25) is 4.79 Å². The molecule has 1 aliphatic heterocycles. The molecule has 0 saturated carbocycles. The van der Waals surface area contributed by atoms with Crippen LogP contribution in [0, 0.1) is 11.8 Å². The molecule has 3 heteroatoms. The predicted molar refractivity (Wildman–Crippen MR) is 76.5 cm³/mol. The maximum atomic E-state index is 11.8. The summed E-state index contributed by atoms with van der Waals surface area (Å²) in [6, 6.07) is 0.324. The average molecular weight is 254 g/mol. The fourth-order valence-electron chi connectivity index (χ4n) is 2.51. The highest BCUT2D eigenvalue weighted by molar-refractivity contribution is 5.76. The van der Waals surface area contributed by atoms with Crippen LogP contribution in [0.1, 0.15) is 59.3 Å². The van der Waals surface area contributed by atoms with E-state index in [9.17, 15) is 4.79 Å². The SMILES string of the molecule is CC(C)CCC(C)NC(=O)CCC1CCCNC1. The summed E-state index contributed by atoms with van der Waals surface area (Å²) < 4.78 is 0. The zero-order valence-corrected chi connectivity index (χ0v) is 12.3. The number of hydrogen-bond donors (Lipinski definition) is 2. The molecule has 1 rings (SSSR count). The number of hydrogen-bond acceptors (Lipinski definition) is 2. The van der Waals surface area contributed by atoms with Gasteiger partial charge in [0.2, 0.25) is 5.91 Å². The van der Waals surface area contributed by atoms with Crippen LogP contribution in [0.15, 0.2) is 0 Å². The van der Waals surface area contributed by atoms with E-state index in [1.165, 1.54) is 19.3 Å². The highest BCUT2D eigenvalue weighted by Gasteiger charge is 2.15. The van der Waals surface area contributed by atoms with Crippen molar-refractivity contribution in [3.05, 3.63) is 0 Å². The molecule has 0 aromatic carbocycles. The summed E-state index contributed by atoms with van der Waals surface area (Å²) in [6.45, 7) is 8.81. The van der Waals surface area contributed by atoms with E-state index in [-0.39, 0.29) is 5.91 Å². The van der Waals surface area contributed by atoms with E-state index in [0.29, 0.717) is 18.4 Å². The molecule has 1 heterocycles. The summed E-state index contributed by atoms with van der Waals surface area (Å²) >= 11 is 0. The Hall–Kier alpha value is -0.570. The summed E-state index contributed by atoms with van der Waals surface area (Å²) in [6.07, 6.45) is 6.55. The van der Waals surface area contributed by atoms with E-state index in [1.54, 1.807) is 0 Å². The molecule has 1 aliphatic rings. The van der Waals surface area contributed by atoms with Crippen molar-refractivity contribution in [2.24, 2.45) is 11.8 Å². The highest BCUT2D eigenvalue weighted by atomic mass is 16.1. The van der Waals surface area contributed by atoms with Crippen molar-refractivity contribution in [3.8, 4) is 0 Å². The van der Waals surface area contributed by atoms with Gasteiger partial charge in [-0.1, -0.05) is 13.8 Å². The summed E-state index contributed by atoms with van der Waals surface area (Å²) in [7, 11) is 0. The third kappa shape index (κ3) is 7.00. The molecule has 0 radical (unpaired) electrons. The molecule has 0 aromatic rings. The van der Waals surface area contributed by atoms with Gasteiger partial charge in [0.25, 0.3) is 0 Å². The zero-order chi connectivity index (χ0) is 13.4. The number of rotatable bonds is 7. The minimum Gasteiger partial charge on any atom is -0.354 e. The second kappa shape index (κ2) is 8.52. The first-order valence-corrected chi connectivity index (χ1v) is 7.58. The van der Waals surface area contributed by atoms with Gasteiger partial charge in [-0.05, 0) is 64.0 Å². The first-order chi connectivity index (χ1) is 8.58. The summed E-state index contributed by atoms with van der Waals surface area (Å²) in [5, 5.41) is 6.52. The topological polar surface area (TPSA) is 41.1 Å². The van der Waals surface area contributed by atoms with Crippen LogP contribution < -0.4 is 10.6 Å². The Bertz CT molecular complexity index is 235. The number of nitrogens with one attached hydrogen (secondary N) is 2. The molecular formula is C15H30N2O. The average Bonchev–Trinajstić information content (AvgIpc) is 2.35. The first kappa shape index (κ1) is 15.5. The monoisotopic (exact) mass is 254 g/mol. The van der Waals surface area contributed by atoms with Crippen molar-refractivity contribution < 1.29 is 4.79 Å². The molecule has 2 atom stereocenters. The quantitative estimate of drug-likeness (QED) is 0.733. The van der Waals surface area contributed by atoms with Gasteiger partial charge in [-0.2, -0.15) is 0 Å². The lowest BCUT2D eigenvalue weighted by Crippen LogP contribution is -2.34. The summed E-state index contributed by atoms with van der Waals surface area (Å²) in [5.74, 6) is 1.66. The second-order valence-electron chi connectivity index (χ2n) is 6.19. The van der Waals surface area contributed by atoms with E-state index in [4.69, 9.17) is 0 Å². The summed E-state index contributed by atoms with van der Waals surface area (Å²) in [4.78, 5) is 11.8. The van der Waals surface area contributed by atoms with Gasteiger partial charge in [0, 0.05) is 12.5 Å². The molecule has 2 unspecified atom stereocenters. The first-order valence-electron chi connectivity index (χ1n) is 7.58. The van der Waals surface area contributed by atoms with Crippen molar-refractivity contribution >= 4 is 5.91 Å². The zero-order valence-electron chi connectivity index (χ0n) is 12.3. The van der Waals surface area contributed by atoms with E-state index in [1.807, 2.05) is 0 Å². The Morgan fingerprint density at radius 1 is 1.33 bits per heavy atom. The lowest BCUT2D eigenvalue weighted by atomic mass is 9.94. The van der Waals surface area contributed by atoms with Crippen molar-refractivity contribution in [2.75, 3.05) is 13.1 Å². The van der Waals surface area contributed by atoms with Crippen LogP contribution in [-0.4, -0.2) is 25.0 Å². The van der Waals surface area contributed by atoms with Gasteiger partial charge in [0.15, 0.2) is 0 Å². The fourth-order valence-corrected chi connectivity index (χ4v) is 2.51. The van der Waals surface area contributed by atoms with Gasteiger partial charge in [-0.25, -0.2) is 0 Å². The van der Waals surface area contributed by atoms with Crippen molar-refractivity contribution in [3.63, 3.8) is 0 Å². The van der Waals surface area contributed by atoms with Gasteiger partial charge >= 0.3 is 0 Å². The van der Waals surface area contributed by atoms with E-state index < -0.39 is 0 Å². The second-order valence-corrected chi connectivity index (χ2v) is 6.19. The Morgan fingerprint density at radius 3 is 2.72 bits per heavy atom. The largest absolute Gasteiger partial charge is 0.354 e. The van der Waals surface area contributed by atoms with E-state index >= 15 is 0 Å². The van der Waals surface area contributed by atoms with E-state index in [2.05, 4.69) is 31.4 Å². The third-order valence-electron chi connectivity index (χ3n) is 3.76. The lowest BCUT2D eigenvalue weighted by Gasteiger charge is -2.22. The standard InChI is InChI=1S/C15H30N2O/c1-12(2)6-7-13(3)17-15(18)9-8-14-5-4-10-16-11-14/h12-14,16H,4-11H2,1-3H3,(H,17,18). The molecule has 2 N–H and O–H groups in total. The van der Waals surface area contributed by atoms with Crippen molar-refractivity contribution in [1.29, 1.82) is 0 Å². The maximum Gasteiger partial charge on any atom is 0.220 e. The molecular weight excluding hydrogens is 224 g/mol. The van der Waals surface area contributed by atoms with Crippen LogP contribution in [0.2, 0.25) is 0 Å². The molecule has 0 aromatic heterocycles. The smallest absolute Gasteiger partial charge is 0.220 e. The van der Waals surface area contributed by atoms with Crippen molar-refractivity contribution in [1.82, 2.24) is 10.6 Å². The molecule has 0 bridgehead atoms. The molecule has 3 nitrogen and oxygen atoms in total. The molecule has 1 amide bonds. The van der Waals surface area contributed by atoms with Crippen LogP contribution in [0.25, 0.3) is 0 Å². The maximum absolute atomic E-state index is 11.8. The molecule has 0 aliphatic carbocycles. The number of amides is 1. The minimum absolute atomic E-state index is 0.233. The molecule has 18 heavy (non-hydrogen) atoms. The molecule has 0 spiro atoms. The predicted octanol–water partition coefficient (Wildman–Crippen LogP) is 2.71. The highest BCUT2D eigenvalue weighted by Crippen LogP contribution is 2.15. The van der Waals surface area contributed by atoms with Gasteiger partial charge in [0.1, 0.15) is 0 Å². The minimum atomic E-state index is 0.233. The molecule has 1 fully saturated rings. The van der Waals surface area contributed by atoms with Gasteiger partial charge in [0.05, 0.1) is 0 Å². The van der Waals surface area contributed by atoms with E-state index in [0.717, 1.165) is 31.8 Å². The Kier molecular flexibility index (Phi) is 7.33. The number of carbonyl (C=O) groups excluding carboxylic acids is 1. The van der Waals surface area contributed by atoms with Gasteiger partial charge in [-0.15, -0.1) is 0 Å². The number of piperidine rings is 1. The summed E-state index contributed by atoms with van der Waals surface area (Å²) in [5.41, 5.74) is 0. The lowest BCUT2D eigenvalue weighted by molar-refractivity contribution is -0.122. The van der Waals surface area contributed by atoms with Crippen LogP contribution in [0.4, 0.5) is 0 Å². The van der Waals surface area contributed by atoms with Crippen LogP contribution in [-0.2, 0) is 4.79 Å². The Labute approximate surface area is 112 Å². The molecule has 106 valence electrons. The van der Waals surface area contributed by atoms with Crippen molar-refractivity contribution in [2.45, 2.75) is 65.3 Å². The van der Waals surface area contributed by atoms with Crippen LogP contribution in [0.5, 0.6) is 0 Å². The van der Waals surface area contributed by atoms with Crippen LogP contribution >= 0.6 is 0 Å². The third-order valence-corrected chi connectivity index (χ3v) is 3.76. The Morgan fingerprint density at radius 2 is 2.11 bits per heavy atom.